The van der Waals surface area contributed by atoms with E-state index in [4.69, 9.17) is 9.47 Å². The number of rotatable bonds is 8. The molecule has 1 aliphatic heterocycles. The topological polar surface area (TPSA) is 83.5 Å². The zero-order valence-corrected chi connectivity index (χ0v) is 20.8. The van der Waals surface area contributed by atoms with Gasteiger partial charge < -0.3 is 19.7 Å². The van der Waals surface area contributed by atoms with Gasteiger partial charge in [0.05, 0.1) is 25.6 Å². The summed E-state index contributed by atoms with van der Waals surface area (Å²) in [4.78, 5) is 6.42. The maximum absolute atomic E-state index is 12.4. The summed E-state index contributed by atoms with van der Waals surface area (Å²) in [5, 5.41) is 3.34. The molecule has 10 heteroatoms. The minimum Gasteiger partial charge on any atom is -0.497 e. The van der Waals surface area contributed by atoms with Crippen LogP contribution in [0.3, 0.4) is 0 Å². The van der Waals surface area contributed by atoms with Crippen LogP contribution in [-0.2, 0) is 21.3 Å². The van der Waals surface area contributed by atoms with Crippen LogP contribution in [0, 0.1) is 0 Å². The van der Waals surface area contributed by atoms with Crippen molar-refractivity contribution < 1.29 is 17.9 Å². The first-order valence-corrected chi connectivity index (χ1v) is 11.1. The van der Waals surface area contributed by atoms with Gasteiger partial charge in [-0.2, -0.15) is 4.31 Å². The van der Waals surface area contributed by atoms with Gasteiger partial charge in [-0.1, -0.05) is 12.1 Å². The van der Waals surface area contributed by atoms with Gasteiger partial charge in [0.1, 0.15) is 5.75 Å². The normalized spacial score (nSPS) is 15.9. The van der Waals surface area contributed by atoms with Gasteiger partial charge in [0.15, 0.2) is 5.96 Å². The predicted octanol–water partition coefficient (Wildman–Crippen LogP) is 1.76. The molecule has 1 aliphatic rings. The number of hydrogen-bond donors (Lipinski definition) is 1. The fourth-order valence-electron chi connectivity index (χ4n) is 2.95. The number of halogens is 1. The third kappa shape index (κ3) is 8.27. The van der Waals surface area contributed by atoms with Gasteiger partial charge in [-0.05, 0) is 31.5 Å². The number of aliphatic imine (C=N–C) groups is 1. The van der Waals surface area contributed by atoms with Crippen molar-refractivity contribution in [2.24, 2.45) is 4.99 Å². The molecule has 1 aromatic carbocycles. The zero-order chi connectivity index (χ0) is 20.6. The van der Waals surface area contributed by atoms with Gasteiger partial charge in [0.2, 0.25) is 10.0 Å². The van der Waals surface area contributed by atoms with E-state index in [-0.39, 0.29) is 42.4 Å². The Bertz CT molecular complexity index is 733. The molecule has 1 aromatic rings. The number of nitrogens with one attached hydrogen (secondary N) is 1. The van der Waals surface area contributed by atoms with Crippen LogP contribution in [0.4, 0.5) is 0 Å². The Kier molecular flexibility index (Phi) is 11.2. The third-order valence-electron chi connectivity index (χ3n) is 4.55. The summed E-state index contributed by atoms with van der Waals surface area (Å²) in [6.45, 7) is 6.78. The molecule has 2 rings (SSSR count). The number of ether oxygens (including phenoxy) is 2. The summed E-state index contributed by atoms with van der Waals surface area (Å²) < 4.78 is 37.0. The molecule has 166 valence electrons. The second kappa shape index (κ2) is 12.6. The lowest BCUT2D eigenvalue weighted by Crippen LogP contribution is -2.54. The SMILES string of the molecule is CN=C(NCc1ccc(OC)cc1)N1CCN(S(=O)(=O)CCOC(C)C)CC1.I. The van der Waals surface area contributed by atoms with E-state index in [1.165, 1.54) is 0 Å². The fourth-order valence-corrected chi connectivity index (χ4v) is 4.24. The molecule has 0 radical (unpaired) electrons. The summed E-state index contributed by atoms with van der Waals surface area (Å²) in [5.74, 6) is 1.62. The summed E-state index contributed by atoms with van der Waals surface area (Å²) >= 11 is 0. The molecule has 8 nitrogen and oxygen atoms in total. The summed E-state index contributed by atoms with van der Waals surface area (Å²) in [7, 11) is 0.0967. The molecule has 0 spiro atoms. The lowest BCUT2D eigenvalue weighted by molar-refractivity contribution is 0.0904. The molecule has 0 saturated carbocycles. The van der Waals surface area contributed by atoms with Crippen molar-refractivity contribution in [1.82, 2.24) is 14.5 Å². The smallest absolute Gasteiger partial charge is 0.216 e. The first-order valence-electron chi connectivity index (χ1n) is 9.53. The first kappa shape index (κ1) is 25.9. The minimum atomic E-state index is -3.29. The molecule has 1 fully saturated rings. The van der Waals surface area contributed by atoms with E-state index in [1.54, 1.807) is 18.5 Å². The van der Waals surface area contributed by atoms with E-state index < -0.39 is 10.0 Å². The lowest BCUT2D eigenvalue weighted by Gasteiger charge is -2.35. The molecule has 0 aromatic heterocycles. The maximum Gasteiger partial charge on any atom is 0.216 e. The molecule has 0 bridgehead atoms. The van der Waals surface area contributed by atoms with E-state index in [0.29, 0.717) is 32.7 Å². The van der Waals surface area contributed by atoms with Gasteiger partial charge in [-0.15, -0.1) is 24.0 Å². The Morgan fingerprint density at radius 3 is 2.31 bits per heavy atom. The quantitative estimate of drug-likeness (QED) is 0.308. The average Bonchev–Trinajstić information content (AvgIpc) is 2.69. The second-order valence-electron chi connectivity index (χ2n) is 6.87. The van der Waals surface area contributed by atoms with Gasteiger partial charge in [-0.25, -0.2) is 8.42 Å². The predicted molar refractivity (Wildman–Crippen MR) is 127 cm³/mol. The monoisotopic (exact) mass is 540 g/mol. The Morgan fingerprint density at radius 2 is 1.79 bits per heavy atom. The number of guanidine groups is 1. The van der Waals surface area contributed by atoms with Crippen molar-refractivity contribution in [3.8, 4) is 5.75 Å². The largest absolute Gasteiger partial charge is 0.497 e. The van der Waals surface area contributed by atoms with Crippen LogP contribution in [0.5, 0.6) is 5.75 Å². The third-order valence-corrected chi connectivity index (χ3v) is 6.38. The Hall–Kier alpha value is -1.11. The number of sulfonamides is 1. The van der Waals surface area contributed by atoms with Crippen molar-refractivity contribution in [2.75, 3.05) is 52.7 Å². The fraction of sp³-hybridized carbons (Fsp3) is 0.632. The molecule has 0 atom stereocenters. The van der Waals surface area contributed by atoms with E-state index in [2.05, 4.69) is 15.2 Å². The minimum absolute atomic E-state index is 0. The summed E-state index contributed by atoms with van der Waals surface area (Å²) in [6.07, 6.45) is 0.0344. The molecular formula is C19H33IN4O4S. The highest BCUT2D eigenvalue weighted by atomic mass is 127. The van der Waals surface area contributed by atoms with Crippen LogP contribution in [0.25, 0.3) is 0 Å². The molecule has 0 amide bonds. The Labute approximate surface area is 191 Å². The molecular weight excluding hydrogens is 507 g/mol. The van der Waals surface area contributed by atoms with Gasteiger partial charge in [-0.3, -0.25) is 4.99 Å². The Morgan fingerprint density at radius 1 is 1.17 bits per heavy atom. The van der Waals surface area contributed by atoms with Crippen LogP contribution in [0.1, 0.15) is 19.4 Å². The van der Waals surface area contributed by atoms with Crippen molar-refractivity contribution >= 4 is 40.0 Å². The molecule has 1 N–H and O–H groups in total. The molecule has 0 aliphatic carbocycles. The van der Waals surface area contributed by atoms with E-state index >= 15 is 0 Å². The first-order chi connectivity index (χ1) is 13.4. The molecule has 0 unspecified atom stereocenters. The summed E-state index contributed by atoms with van der Waals surface area (Å²) in [5.41, 5.74) is 1.12. The van der Waals surface area contributed by atoms with Gasteiger partial charge in [0, 0.05) is 39.8 Å². The van der Waals surface area contributed by atoms with E-state index in [1.807, 2.05) is 38.1 Å². The van der Waals surface area contributed by atoms with Crippen LogP contribution >= 0.6 is 24.0 Å². The van der Waals surface area contributed by atoms with E-state index in [0.717, 1.165) is 17.3 Å². The average molecular weight is 540 g/mol. The summed E-state index contributed by atoms with van der Waals surface area (Å²) in [6, 6.07) is 7.85. The number of methoxy groups -OCH3 is 1. The van der Waals surface area contributed by atoms with Crippen molar-refractivity contribution in [3.63, 3.8) is 0 Å². The van der Waals surface area contributed by atoms with Crippen molar-refractivity contribution in [2.45, 2.75) is 26.5 Å². The highest BCUT2D eigenvalue weighted by molar-refractivity contribution is 14.0. The Balaban J connectivity index is 0.00000420. The molecule has 1 saturated heterocycles. The number of benzene rings is 1. The maximum atomic E-state index is 12.4. The molecule has 29 heavy (non-hydrogen) atoms. The van der Waals surface area contributed by atoms with Crippen LogP contribution < -0.4 is 10.1 Å². The van der Waals surface area contributed by atoms with Crippen LogP contribution in [0.15, 0.2) is 29.3 Å². The number of piperazine rings is 1. The van der Waals surface area contributed by atoms with Crippen LogP contribution in [-0.4, -0.2) is 82.4 Å². The number of nitrogens with zero attached hydrogens (tertiary/aromatic N) is 3. The standard InChI is InChI=1S/C19H32N4O4S.HI/c1-16(2)27-13-14-28(24,25)23-11-9-22(10-12-23)19(20-3)21-15-17-5-7-18(26-4)8-6-17;/h5-8,16H,9-15H2,1-4H3,(H,20,21);1H. The van der Waals surface area contributed by atoms with Crippen molar-refractivity contribution in [3.05, 3.63) is 29.8 Å². The lowest BCUT2D eigenvalue weighted by atomic mass is 10.2. The zero-order valence-electron chi connectivity index (χ0n) is 17.6. The molecule has 1 heterocycles. The highest BCUT2D eigenvalue weighted by Crippen LogP contribution is 2.12. The highest BCUT2D eigenvalue weighted by Gasteiger charge is 2.27. The van der Waals surface area contributed by atoms with Crippen molar-refractivity contribution in [1.29, 1.82) is 0 Å². The second-order valence-corrected chi connectivity index (χ2v) is 8.96. The van der Waals surface area contributed by atoms with Gasteiger partial charge in [0.25, 0.3) is 0 Å². The van der Waals surface area contributed by atoms with Gasteiger partial charge >= 0.3 is 0 Å². The number of hydrogen-bond acceptors (Lipinski definition) is 5. The van der Waals surface area contributed by atoms with E-state index in [9.17, 15) is 8.42 Å². The van der Waals surface area contributed by atoms with Crippen LogP contribution in [0.2, 0.25) is 0 Å².